The summed E-state index contributed by atoms with van der Waals surface area (Å²) in [7, 11) is 1.40. The van der Waals surface area contributed by atoms with Crippen LogP contribution in [0, 0.1) is 0 Å². The first-order chi connectivity index (χ1) is 11.7. The predicted molar refractivity (Wildman–Crippen MR) is 96.9 cm³/mol. The minimum Gasteiger partial charge on any atom is -0.465 e. The lowest BCUT2D eigenvalue weighted by atomic mass is 9.99. The maximum absolute atomic E-state index is 11.5. The Morgan fingerprint density at radius 2 is 1.83 bits per heavy atom. The molecule has 1 heterocycles. The molecule has 0 saturated heterocycles. The number of hydrogen-bond acceptors (Lipinski definition) is 3. The van der Waals surface area contributed by atoms with Gasteiger partial charge in [0.05, 0.1) is 12.7 Å². The highest BCUT2D eigenvalue weighted by Crippen LogP contribution is 2.20. The van der Waals surface area contributed by atoms with Gasteiger partial charge in [-0.05, 0) is 42.2 Å². The first-order valence-electron chi connectivity index (χ1n) is 8.30. The average Bonchev–Trinajstić information content (AvgIpc) is 2.61. The van der Waals surface area contributed by atoms with Crippen LogP contribution in [0.25, 0.3) is 6.08 Å². The number of ether oxygens (including phenoxy) is 1. The second-order valence-corrected chi connectivity index (χ2v) is 6.33. The minimum absolute atomic E-state index is 0.297. The van der Waals surface area contributed by atoms with Crippen LogP contribution in [-0.4, -0.2) is 31.1 Å². The molecule has 2 aromatic carbocycles. The maximum Gasteiger partial charge on any atom is 0.337 e. The maximum atomic E-state index is 11.5. The van der Waals surface area contributed by atoms with Gasteiger partial charge in [-0.15, -0.1) is 0 Å². The van der Waals surface area contributed by atoms with Crippen LogP contribution in [0.4, 0.5) is 0 Å². The number of methoxy groups -OCH3 is 1. The van der Waals surface area contributed by atoms with Crippen molar-refractivity contribution in [1.82, 2.24) is 4.90 Å². The van der Waals surface area contributed by atoms with Crippen LogP contribution in [0.15, 0.2) is 54.1 Å². The smallest absolute Gasteiger partial charge is 0.337 e. The Balaban J connectivity index is 1.63. The van der Waals surface area contributed by atoms with Crippen molar-refractivity contribution in [3.05, 3.63) is 76.4 Å². The van der Waals surface area contributed by atoms with Gasteiger partial charge in [0.1, 0.15) is 0 Å². The molecule has 0 aromatic heterocycles. The second kappa shape index (κ2) is 7.45. The van der Waals surface area contributed by atoms with Gasteiger partial charge >= 0.3 is 5.97 Å². The first-order valence-corrected chi connectivity index (χ1v) is 8.30. The van der Waals surface area contributed by atoms with Crippen LogP contribution < -0.4 is 0 Å². The van der Waals surface area contributed by atoms with Gasteiger partial charge in [0.2, 0.25) is 0 Å². The van der Waals surface area contributed by atoms with Crippen LogP contribution in [0.1, 0.15) is 34.0 Å². The predicted octanol–water partition coefficient (Wildman–Crippen LogP) is 3.93. The van der Waals surface area contributed by atoms with E-state index in [0.29, 0.717) is 5.56 Å². The molecule has 2 aromatic rings. The SMILES string of the molecule is COC(=O)c1ccc(C=C(C)CN2CCc3ccccc3C2)cc1. The molecule has 124 valence electrons. The molecule has 1 aliphatic heterocycles. The summed E-state index contributed by atoms with van der Waals surface area (Å²) in [5.41, 5.74) is 5.94. The van der Waals surface area contributed by atoms with Gasteiger partial charge in [-0.25, -0.2) is 4.79 Å². The molecule has 0 saturated carbocycles. The summed E-state index contributed by atoms with van der Waals surface area (Å²) in [5, 5.41) is 0. The number of esters is 1. The van der Waals surface area contributed by atoms with Crippen molar-refractivity contribution in [2.45, 2.75) is 19.9 Å². The summed E-state index contributed by atoms with van der Waals surface area (Å²) in [4.78, 5) is 13.9. The topological polar surface area (TPSA) is 29.5 Å². The fourth-order valence-electron chi connectivity index (χ4n) is 3.21. The monoisotopic (exact) mass is 321 g/mol. The lowest BCUT2D eigenvalue weighted by molar-refractivity contribution is 0.0600. The van der Waals surface area contributed by atoms with E-state index < -0.39 is 0 Å². The Bertz CT molecular complexity index is 747. The minimum atomic E-state index is -0.297. The van der Waals surface area contributed by atoms with Crippen molar-refractivity contribution in [2.24, 2.45) is 0 Å². The van der Waals surface area contributed by atoms with Crippen LogP contribution in [0.3, 0.4) is 0 Å². The Labute approximate surface area is 143 Å². The van der Waals surface area contributed by atoms with E-state index in [9.17, 15) is 4.79 Å². The number of carbonyl (C=O) groups excluding carboxylic acids is 1. The summed E-state index contributed by atoms with van der Waals surface area (Å²) in [6.07, 6.45) is 3.30. The van der Waals surface area contributed by atoms with Gasteiger partial charge in [-0.3, -0.25) is 4.90 Å². The van der Waals surface area contributed by atoms with E-state index in [-0.39, 0.29) is 5.97 Å². The molecule has 3 rings (SSSR count). The lowest BCUT2D eigenvalue weighted by Crippen LogP contribution is -2.31. The number of benzene rings is 2. The molecule has 3 heteroatoms. The van der Waals surface area contributed by atoms with E-state index in [4.69, 9.17) is 4.74 Å². The van der Waals surface area contributed by atoms with E-state index in [2.05, 4.69) is 42.2 Å². The number of rotatable bonds is 4. The van der Waals surface area contributed by atoms with Gasteiger partial charge in [-0.1, -0.05) is 48.0 Å². The highest BCUT2D eigenvalue weighted by molar-refractivity contribution is 5.89. The van der Waals surface area contributed by atoms with Crippen molar-refractivity contribution in [3.8, 4) is 0 Å². The highest BCUT2D eigenvalue weighted by atomic mass is 16.5. The fourth-order valence-corrected chi connectivity index (χ4v) is 3.21. The van der Waals surface area contributed by atoms with Crippen LogP contribution in [-0.2, 0) is 17.7 Å². The van der Waals surface area contributed by atoms with E-state index in [1.807, 2.05) is 24.3 Å². The largest absolute Gasteiger partial charge is 0.465 e. The molecule has 0 unspecified atom stereocenters. The van der Waals surface area contributed by atoms with Gasteiger partial charge in [0.15, 0.2) is 0 Å². The molecule has 1 aliphatic rings. The standard InChI is InChI=1S/C21H23NO2/c1-16(13-17-7-9-19(10-8-17)21(23)24-2)14-22-12-11-18-5-3-4-6-20(18)15-22/h3-10,13H,11-12,14-15H2,1-2H3. The van der Waals surface area contributed by atoms with Crippen LogP contribution >= 0.6 is 0 Å². The molecule has 3 nitrogen and oxygen atoms in total. The third-order valence-electron chi connectivity index (χ3n) is 4.43. The molecule has 0 atom stereocenters. The summed E-state index contributed by atoms with van der Waals surface area (Å²) in [5.74, 6) is -0.297. The van der Waals surface area contributed by atoms with Gasteiger partial charge in [-0.2, -0.15) is 0 Å². The molecule has 0 amide bonds. The number of nitrogens with zero attached hydrogens (tertiary/aromatic N) is 1. The lowest BCUT2D eigenvalue weighted by Gasteiger charge is -2.29. The van der Waals surface area contributed by atoms with Crippen LogP contribution in [0.2, 0.25) is 0 Å². The molecule has 0 N–H and O–H groups in total. The highest BCUT2D eigenvalue weighted by Gasteiger charge is 2.15. The zero-order valence-corrected chi connectivity index (χ0v) is 14.3. The number of hydrogen-bond donors (Lipinski definition) is 0. The fraction of sp³-hybridized carbons (Fsp3) is 0.286. The summed E-state index contributed by atoms with van der Waals surface area (Å²) in [6, 6.07) is 16.2. The normalized spacial score (nSPS) is 15.0. The van der Waals surface area contributed by atoms with Crippen molar-refractivity contribution < 1.29 is 9.53 Å². The van der Waals surface area contributed by atoms with Gasteiger partial charge in [0.25, 0.3) is 0 Å². The average molecular weight is 321 g/mol. The Morgan fingerprint density at radius 1 is 1.12 bits per heavy atom. The Kier molecular flexibility index (Phi) is 5.11. The van der Waals surface area contributed by atoms with Crippen molar-refractivity contribution in [2.75, 3.05) is 20.2 Å². The Hall–Kier alpha value is -2.39. The third kappa shape index (κ3) is 3.92. The zero-order chi connectivity index (χ0) is 16.9. The summed E-state index contributed by atoms with van der Waals surface area (Å²) < 4.78 is 4.73. The Morgan fingerprint density at radius 3 is 2.54 bits per heavy atom. The number of fused-ring (bicyclic) bond motifs is 1. The molecule has 0 fully saturated rings. The molecule has 0 aliphatic carbocycles. The van der Waals surface area contributed by atoms with Crippen molar-refractivity contribution in [1.29, 1.82) is 0 Å². The second-order valence-electron chi connectivity index (χ2n) is 6.33. The molecule has 0 bridgehead atoms. The van der Waals surface area contributed by atoms with E-state index in [1.165, 1.54) is 23.8 Å². The van der Waals surface area contributed by atoms with E-state index in [1.54, 1.807) is 0 Å². The summed E-state index contributed by atoms with van der Waals surface area (Å²) in [6.45, 7) is 5.24. The van der Waals surface area contributed by atoms with Crippen molar-refractivity contribution >= 4 is 12.0 Å². The third-order valence-corrected chi connectivity index (χ3v) is 4.43. The van der Waals surface area contributed by atoms with Gasteiger partial charge in [0, 0.05) is 19.6 Å². The van der Waals surface area contributed by atoms with E-state index in [0.717, 1.165) is 31.6 Å². The molecule has 24 heavy (non-hydrogen) atoms. The van der Waals surface area contributed by atoms with Gasteiger partial charge < -0.3 is 4.74 Å². The zero-order valence-electron chi connectivity index (χ0n) is 14.3. The number of carbonyl (C=O) groups is 1. The molecular weight excluding hydrogens is 298 g/mol. The van der Waals surface area contributed by atoms with Crippen molar-refractivity contribution in [3.63, 3.8) is 0 Å². The van der Waals surface area contributed by atoms with Crippen LogP contribution in [0.5, 0.6) is 0 Å². The molecular formula is C21H23NO2. The quantitative estimate of drug-likeness (QED) is 0.799. The first kappa shape index (κ1) is 16.5. The molecule has 0 radical (unpaired) electrons. The van der Waals surface area contributed by atoms with E-state index >= 15 is 0 Å². The summed E-state index contributed by atoms with van der Waals surface area (Å²) >= 11 is 0. The molecule has 0 spiro atoms.